The quantitative estimate of drug-likeness (QED) is 0.457. The molecule has 0 saturated carbocycles. The van der Waals surface area contributed by atoms with E-state index in [0.29, 0.717) is 30.1 Å². The van der Waals surface area contributed by atoms with Crippen molar-refractivity contribution in [3.8, 4) is 5.88 Å². The van der Waals surface area contributed by atoms with E-state index in [1.54, 1.807) is 42.5 Å². The Balaban J connectivity index is 1.53. The molecular weight excluding hydrogens is 420 g/mol. The number of hydrogen-bond donors (Lipinski definition) is 2. The van der Waals surface area contributed by atoms with Gasteiger partial charge in [0.05, 0.1) is 18.4 Å². The third-order valence-electron chi connectivity index (χ3n) is 4.27. The standard InChI is InChI=1S/C20H26N6O2S2/c1-26(2)10-18-23-14(12-30-18)11-29-7-6-16-24-19(21)15(20(27)25-16)8-13-4-5-17(28-3)22-9-13/h4-5,9,12H,6-8,10-11H2,1-3H3,(H3,21,24,25,27). The third-order valence-corrected chi connectivity index (χ3v) is 6.14. The predicted octanol–water partition coefficient (Wildman–Crippen LogP) is 2.34. The number of nitrogens with zero attached hydrogens (tertiary/aromatic N) is 4. The number of hydrogen-bond acceptors (Lipinski definition) is 9. The fourth-order valence-corrected chi connectivity index (χ4v) is 4.65. The fourth-order valence-electron chi connectivity index (χ4n) is 2.80. The highest BCUT2D eigenvalue weighted by Gasteiger charge is 2.11. The number of nitrogens with one attached hydrogen (secondary N) is 1. The Hall–Kier alpha value is -2.43. The van der Waals surface area contributed by atoms with Crippen LogP contribution < -0.4 is 16.0 Å². The van der Waals surface area contributed by atoms with Crippen molar-refractivity contribution in [3.05, 3.63) is 61.7 Å². The van der Waals surface area contributed by atoms with Crippen LogP contribution in [0.15, 0.2) is 28.5 Å². The third kappa shape index (κ3) is 6.28. The van der Waals surface area contributed by atoms with Crippen molar-refractivity contribution >= 4 is 28.9 Å². The van der Waals surface area contributed by atoms with Gasteiger partial charge in [-0.05, 0) is 19.7 Å². The minimum absolute atomic E-state index is 0.203. The zero-order chi connectivity index (χ0) is 21.5. The molecule has 0 unspecified atom stereocenters. The lowest BCUT2D eigenvalue weighted by atomic mass is 10.1. The molecule has 3 rings (SSSR count). The number of H-pyrrole nitrogens is 1. The van der Waals surface area contributed by atoms with Gasteiger partial charge in [-0.15, -0.1) is 11.3 Å². The first-order chi connectivity index (χ1) is 14.4. The summed E-state index contributed by atoms with van der Waals surface area (Å²) < 4.78 is 5.05. The zero-order valence-corrected chi connectivity index (χ0v) is 19.0. The molecule has 0 saturated heterocycles. The molecule has 8 nitrogen and oxygen atoms in total. The van der Waals surface area contributed by atoms with Gasteiger partial charge in [0, 0.05) is 48.5 Å². The lowest BCUT2D eigenvalue weighted by Crippen LogP contribution is -2.20. The molecule has 3 aromatic heterocycles. The number of nitrogens with two attached hydrogens (primary N) is 1. The van der Waals surface area contributed by atoms with Gasteiger partial charge in [0.15, 0.2) is 0 Å². The van der Waals surface area contributed by atoms with Gasteiger partial charge in [-0.1, -0.05) is 6.07 Å². The van der Waals surface area contributed by atoms with E-state index < -0.39 is 0 Å². The molecule has 0 aliphatic heterocycles. The lowest BCUT2D eigenvalue weighted by Gasteiger charge is -2.07. The van der Waals surface area contributed by atoms with Gasteiger partial charge in [0.1, 0.15) is 16.6 Å². The van der Waals surface area contributed by atoms with Gasteiger partial charge < -0.3 is 20.4 Å². The van der Waals surface area contributed by atoms with Crippen LogP contribution in [0.5, 0.6) is 5.88 Å². The summed E-state index contributed by atoms with van der Waals surface area (Å²) >= 11 is 3.45. The van der Waals surface area contributed by atoms with Gasteiger partial charge >= 0.3 is 0 Å². The minimum atomic E-state index is -0.203. The molecule has 3 heterocycles. The number of thiazole rings is 1. The average Bonchev–Trinajstić information content (AvgIpc) is 3.15. The second-order valence-electron chi connectivity index (χ2n) is 7.03. The maximum absolute atomic E-state index is 12.5. The van der Waals surface area contributed by atoms with E-state index in [-0.39, 0.29) is 11.4 Å². The van der Waals surface area contributed by atoms with Crippen molar-refractivity contribution in [3.63, 3.8) is 0 Å². The summed E-state index contributed by atoms with van der Waals surface area (Å²) in [5.41, 5.74) is 8.28. The largest absolute Gasteiger partial charge is 0.481 e. The minimum Gasteiger partial charge on any atom is -0.481 e. The number of nitrogen functional groups attached to an aromatic ring is 1. The smallest absolute Gasteiger partial charge is 0.256 e. The molecule has 3 aromatic rings. The predicted molar refractivity (Wildman–Crippen MR) is 122 cm³/mol. The lowest BCUT2D eigenvalue weighted by molar-refractivity contribution is 0.397. The van der Waals surface area contributed by atoms with Crippen molar-refractivity contribution in [1.82, 2.24) is 24.8 Å². The molecule has 0 bridgehead atoms. The van der Waals surface area contributed by atoms with Crippen molar-refractivity contribution in [2.45, 2.75) is 25.1 Å². The van der Waals surface area contributed by atoms with Crippen LogP contribution >= 0.6 is 23.1 Å². The molecule has 0 spiro atoms. The van der Waals surface area contributed by atoms with Gasteiger partial charge in [0.25, 0.3) is 5.56 Å². The topological polar surface area (TPSA) is 110 Å². The SMILES string of the molecule is COc1ccc(Cc2c(N)nc(CCSCc3csc(CN(C)C)n3)[nH]c2=O)cn1. The van der Waals surface area contributed by atoms with Gasteiger partial charge in [-0.2, -0.15) is 11.8 Å². The van der Waals surface area contributed by atoms with Crippen molar-refractivity contribution in [2.75, 3.05) is 32.7 Å². The highest BCUT2D eigenvalue weighted by molar-refractivity contribution is 7.98. The molecule has 0 amide bonds. The van der Waals surface area contributed by atoms with E-state index in [9.17, 15) is 4.79 Å². The van der Waals surface area contributed by atoms with Crippen LogP contribution in [0, 0.1) is 0 Å². The van der Waals surface area contributed by atoms with Crippen LogP contribution in [0.25, 0.3) is 0 Å². The summed E-state index contributed by atoms with van der Waals surface area (Å²) in [6.45, 7) is 0.860. The van der Waals surface area contributed by atoms with Crippen LogP contribution in [-0.4, -0.2) is 51.8 Å². The molecule has 0 aliphatic rings. The van der Waals surface area contributed by atoms with Crippen molar-refractivity contribution < 1.29 is 4.74 Å². The first kappa shape index (κ1) is 22.3. The summed E-state index contributed by atoms with van der Waals surface area (Å²) in [5, 5.41) is 3.23. The van der Waals surface area contributed by atoms with Crippen LogP contribution in [0.1, 0.15) is 27.7 Å². The number of pyridine rings is 1. The van der Waals surface area contributed by atoms with Crippen LogP contribution in [0.4, 0.5) is 5.82 Å². The summed E-state index contributed by atoms with van der Waals surface area (Å²) in [7, 11) is 5.63. The number of ether oxygens (including phenoxy) is 1. The van der Waals surface area contributed by atoms with Crippen molar-refractivity contribution in [1.29, 1.82) is 0 Å². The van der Waals surface area contributed by atoms with Crippen molar-refractivity contribution in [2.24, 2.45) is 0 Å². The van der Waals surface area contributed by atoms with Gasteiger partial charge in [-0.25, -0.2) is 15.0 Å². The molecular formula is C20H26N6O2S2. The monoisotopic (exact) mass is 446 g/mol. The van der Waals surface area contributed by atoms with Gasteiger partial charge in [0.2, 0.25) is 5.88 Å². The molecule has 0 aliphatic carbocycles. The number of anilines is 1. The summed E-state index contributed by atoms with van der Waals surface area (Å²) in [6, 6.07) is 3.61. The molecule has 0 atom stereocenters. The zero-order valence-electron chi connectivity index (χ0n) is 17.3. The number of methoxy groups -OCH3 is 1. The highest BCUT2D eigenvalue weighted by Crippen LogP contribution is 2.18. The normalized spacial score (nSPS) is 11.2. The number of aromatic nitrogens is 4. The Morgan fingerprint density at radius 2 is 2.13 bits per heavy atom. The fraction of sp³-hybridized carbons (Fsp3) is 0.400. The highest BCUT2D eigenvalue weighted by atomic mass is 32.2. The first-order valence-electron chi connectivity index (χ1n) is 9.47. The van der Waals surface area contributed by atoms with Crippen LogP contribution in [0.2, 0.25) is 0 Å². The van der Waals surface area contributed by atoms with Crippen LogP contribution in [0.3, 0.4) is 0 Å². The molecule has 30 heavy (non-hydrogen) atoms. The van der Waals surface area contributed by atoms with E-state index >= 15 is 0 Å². The molecule has 0 aromatic carbocycles. The van der Waals surface area contributed by atoms with Gasteiger partial charge in [-0.3, -0.25) is 4.79 Å². The summed E-state index contributed by atoms with van der Waals surface area (Å²) in [6.07, 6.45) is 2.69. The Morgan fingerprint density at radius 1 is 1.30 bits per heavy atom. The number of thioether (sulfide) groups is 1. The van der Waals surface area contributed by atoms with E-state index in [0.717, 1.165) is 34.3 Å². The van der Waals surface area contributed by atoms with E-state index in [2.05, 4.69) is 30.2 Å². The van der Waals surface area contributed by atoms with E-state index in [1.165, 1.54) is 0 Å². The number of rotatable bonds is 10. The van der Waals surface area contributed by atoms with E-state index in [1.807, 2.05) is 20.2 Å². The Kier molecular flexibility index (Phi) is 7.83. The maximum Gasteiger partial charge on any atom is 0.256 e. The maximum atomic E-state index is 12.5. The first-order valence-corrected chi connectivity index (χ1v) is 11.5. The molecule has 10 heteroatoms. The average molecular weight is 447 g/mol. The number of aromatic amines is 1. The Morgan fingerprint density at radius 3 is 2.80 bits per heavy atom. The summed E-state index contributed by atoms with van der Waals surface area (Å²) in [5.74, 6) is 3.06. The molecule has 160 valence electrons. The second kappa shape index (κ2) is 10.6. The molecule has 0 radical (unpaired) electrons. The van der Waals surface area contributed by atoms with E-state index in [4.69, 9.17) is 10.5 Å². The molecule has 3 N–H and O–H groups in total. The Bertz CT molecular complexity index is 1020. The number of aryl methyl sites for hydroxylation is 1. The van der Waals surface area contributed by atoms with Crippen LogP contribution in [-0.2, 0) is 25.1 Å². The Labute approximate surface area is 183 Å². The second-order valence-corrected chi connectivity index (χ2v) is 9.08. The molecule has 0 fully saturated rings. The summed E-state index contributed by atoms with van der Waals surface area (Å²) in [4.78, 5) is 30.6.